The second-order valence-electron chi connectivity index (χ2n) is 2.04. The van der Waals surface area contributed by atoms with Crippen molar-refractivity contribution in [3.8, 4) is 5.75 Å². The summed E-state index contributed by atoms with van der Waals surface area (Å²) in [7, 11) is 0. The van der Waals surface area contributed by atoms with Crippen LogP contribution in [0.5, 0.6) is 5.75 Å². The van der Waals surface area contributed by atoms with E-state index in [0.29, 0.717) is 13.0 Å². The van der Waals surface area contributed by atoms with Gasteiger partial charge in [0, 0.05) is 6.42 Å². The van der Waals surface area contributed by atoms with Crippen LogP contribution in [0.1, 0.15) is 6.42 Å². The minimum Gasteiger partial charge on any atom is -0.493 e. The molecule has 0 bridgehead atoms. The molecule has 2 nitrogen and oxygen atoms in total. The lowest BCUT2D eigenvalue weighted by Gasteiger charge is -2.01. The Labute approximate surface area is 65.8 Å². The molecule has 0 fully saturated rings. The van der Waals surface area contributed by atoms with E-state index in [1.807, 2.05) is 12.1 Å². The lowest BCUT2D eigenvalue weighted by Crippen LogP contribution is -1.96. The monoisotopic (exact) mass is 149 g/mol. The Morgan fingerprint density at radius 2 is 2.55 bits per heavy atom. The van der Waals surface area contributed by atoms with Crippen LogP contribution in [0, 0.1) is 6.07 Å². The molecule has 0 amide bonds. The van der Waals surface area contributed by atoms with Crippen molar-refractivity contribution in [2.45, 2.75) is 6.42 Å². The van der Waals surface area contributed by atoms with Crippen molar-refractivity contribution >= 4 is 6.29 Å². The van der Waals surface area contributed by atoms with E-state index in [1.54, 1.807) is 12.1 Å². The molecule has 0 unspecified atom stereocenters. The summed E-state index contributed by atoms with van der Waals surface area (Å²) in [4.78, 5) is 9.91. The largest absolute Gasteiger partial charge is 0.493 e. The highest BCUT2D eigenvalue weighted by Gasteiger charge is 1.88. The van der Waals surface area contributed by atoms with Crippen LogP contribution in [0.2, 0.25) is 0 Å². The summed E-state index contributed by atoms with van der Waals surface area (Å²) in [6.07, 6.45) is 1.28. The quantitative estimate of drug-likeness (QED) is 0.478. The number of benzene rings is 1. The third-order valence-electron chi connectivity index (χ3n) is 1.18. The van der Waals surface area contributed by atoms with Crippen LogP contribution in [0.3, 0.4) is 0 Å². The van der Waals surface area contributed by atoms with Gasteiger partial charge in [-0.05, 0) is 18.2 Å². The molecule has 1 radical (unpaired) electrons. The van der Waals surface area contributed by atoms with E-state index in [2.05, 4.69) is 6.07 Å². The van der Waals surface area contributed by atoms with Crippen molar-refractivity contribution in [1.82, 2.24) is 0 Å². The molecule has 1 rings (SSSR count). The molecule has 2 heteroatoms. The standard InChI is InChI=1S/C9H9O2/c10-7-4-8-11-9-5-2-1-3-6-9/h1-2,5-7H,4,8H2. The number of hydrogen-bond acceptors (Lipinski definition) is 2. The second kappa shape index (κ2) is 4.50. The van der Waals surface area contributed by atoms with Crippen molar-refractivity contribution in [2.75, 3.05) is 6.61 Å². The molecule has 1 aromatic carbocycles. The van der Waals surface area contributed by atoms with Crippen LogP contribution < -0.4 is 4.74 Å². The highest BCUT2D eigenvalue weighted by molar-refractivity contribution is 5.49. The molecular weight excluding hydrogens is 140 g/mol. The molecule has 0 aliphatic rings. The van der Waals surface area contributed by atoms with Crippen LogP contribution in [0.25, 0.3) is 0 Å². The summed E-state index contributed by atoms with van der Waals surface area (Å²) < 4.78 is 5.18. The number of aldehydes is 1. The normalized spacial score (nSPS) is 9.09. The van der Waals surface area contributed by atoms with Crippen molar-refractivity contribution in [3.63, 3.8) is 0 Å². The highest BCUT2D eigenvalue weighted by atomic mass is 16.5. The van der Waals surface area contributed by atoms with Gasteiger partial charge >= 0.3 is 0 Å². The number of hydrogen-bond donors (Lipinski definition) is 0. The molecule has 0 N–H and O–H groups in total. The van der Waals surface area contributed by atoms with Gasteiger partial charge in [0.05, 0.1) is 6.61 Å². The van der Waals surface area contributed by atoms with Crippen LogP contribution in [-0.2, 0) is 4.79 Å². The van der Waals surface area contributed by atoms with Crippen molar-refractivity contribution in [3.05, 3.63) is 30.3 Å². The molecule has 0 heterocycles. The Balaban J connectivity index is 2.33. The lowest BCUT2D eigenvalue weighted by atomic mass is 10.3. The molecule has 0 saturated heterocycles. The van der Waals surface area contributed by atoms with Crippen LogP contribution in [-0.4, -0.2) is 12.9 Å². The number of carbonyl (C=O) groups excluding carboxylic acids is 1. The molecule has 0 saturated carbocycles. The third kappa shape index (κ3) is 2.85. The first-order valence-corrected chi connectivity index (χ1v) is 3.46. The van der Waals surface area contributed by atoms with Gasteiger partial charge in [-0.15, -0.1) is 0 Å². The topological polar surface area (TPSA) is 26.3 Å². The van der Waals surface area contributed by atoms with Crippen molar-refractivity contribution in [1.29, 1.82) is 0 Å². The Morgan fingerprint density at radius 1 is 1.64 bits per heavy atom. The summed E-state index contributed by atoms with van der Waals surface area (Å²) in [6, 6.07) is 10.1. The van der Waals surface area contributed by atoms with Crippen molar-refractivity contribution in [2.24, 2.45) is 0 Å². The molecule has 0 aliphatic carbocycles. The van der Waals surface area contributed by atoms with E-state index in [4.69, 9.17) is 4.74 Å². The molecular formula is C9H9O2. The number of rotatable bonds is 4. The zero-order valence-corrected chi connectivity index (χ0v) is 6.12. The molecule has 0 aromatic heterocycles. The maximum atomic E-state index is 9.91. The van der Waals surface area contributed by atoms with Gasteiger partial charge in [-0.2, -0.15) is 0 Å². The van der Waals surface area contributed by atoms with Gasteiger partial charge in [-0.1, -0.05) is 12.1 Å². The number of ether oxygens (including phenoxy) is 1. The second-order valence-corrected chi connectivity index (χ2v) is 2.04. The minimum atomic E-state index is 0.439. The van der Waals surface area contributed by atoms with Gasteiger partial charge < -0.3 is 9.53 Å². The Morgan fingerprint density at radius 3 is 3.18 bits per heavy atom. The van der Waals surface area contributed by atoms with Gasteiger partial charge in [0.2, 0.25) is 0 Å². The summed E-state index contributed by atoms with van der Waals surface area (Å²) in [5.41, 5.74) is 0. The molecule has 0 spiro atoms. The summed E-state index contributed by atoms with van der Waals surface area (Å²) in [6.45, 7) is 0.446. The molecule has 57 valence electrons. The SMILES string of the molecule is O=CCCOc1c[c]ccc1. The molecule has 0 aliphatic heterocycles. The number of carbonyl (C=O) groups is 1. The maximum absolute atomic E-state index is 9.91. The zero-order valence-electron chi connectivity index (χ0n) is 6.12. The van der Waals surface area contributed by atoms with E-state index >= 15 is 0 Å². The summed E-state index contributed by atoms with van der Waals surface area (Å²) >= 11 is 0. The Hall–Kier alpha value is -1.31. The smallest absolute Gasteiger partial charge is 0.123 e. The van der Waals surface area contributed by atoms with E-state index in [1.165, 1.54) is 0 Å². The van der Waals surface area contributed by atoms with Crippen LogP contribution >= 0.6 is 0 Å². The zero-order chi connectivity index (χ0) is 7.94. The van der Waals surface area contributed by atoms with Gasteiger partial charge in [0.1, 0.15) is 12.0 Å². The third-order valence-corrected chi connectivity index (χ3v) is 1.18. The van der Waals surface area contributed by atoms with E-state index in [-0.39, 0.29) is 0 Å². The molecule has 1 aromatic rings. The first kappa shape index (κ1) is 7.79. The van der Waals surface area contributed by atoms with Crippen LogP contribution in [0.4, 0.5) is 0 Å². The van der Waals surface area contributed by atoms with E-state index in [9.17, 15) is 4.79 Å². The van der Waals surface area contributed by atoms with Gasteiger partial charge in [-0.25, -0.2) is 0 Å². The first-order chi connectivity index (χ1) is 5.43. The lowest BCUT2D eigenvalue weighted by molar-refractivity contribution is -0.108. The first-order valence-electron chi connectivity index (χ1n) is 3.46. The van der Waals surface area contributed by atoms with Crippen LogP contribution in [0.15, 0.2) is 24.3 Å². The fraction of sp³-hybridized carbons (Fsp3) is 0.222. The Kier molecular flexibility index (Phi) is 3.19. The molecule has 11 heavy (non-hydrogen) atoms. The van der Waals surface area contributed by atoms with Gasteiger partial charge in [-0.3, -0.25) is 0 Å². The van der Waals surface area contributed by atoms with E-state index in [0.717, 1.165) is 12.0 Å². The molecule has 0 atom stereocenters. The summed E-state index contributed by atoms with van der Waals surface area (Å²) in [5.74, 6) is 0.759. The van der Waals surface area contributed by atoms with Crippen molar-refractivity contribution < 1.29 is 9.53 Å². The highest BCUT2D eigenvalue weighted by Crippen LogP contribution is 2.07. The average molecular weight is 149 g/mol. The average Bonchev–Trinajstić information content (AvgIpc) is 2.07. The maximum Gasteiger partial charge on any atom is 0.123 e. The predicted molar refractivity (Wildman–Crippen MR) is 41.5 cm³/mol. The predicted octanol–water partition coefficient (Wildman–Crippen LogP) is 1.45. The van der Waals surface area contributed by atoms with Gasteiger partial charge in [0.25, 0.3) is 0 Å². The Bertz CT molecular complexity index is 206. The van der Waals surface area contributed by atoms with Gasteiger partial charge in [0.15, 0.2) is 0 Å². The summed E-state index contributed by atoms with van der Waals surface area (Å²) in [5, 5.41) is 0. The fourth-order valence-electron chi connectivity index (χ4n) is 0.692. The minimum absolute atomic E-state index is 0.439. The van der Waals surface area contributed by atoms with E-state index < -0.39 is 0 Å². The fourth-order valence-corrected chi connectivity index (χ4v) is 0.692.